The third-order valence-corrected chi connectivity index (χ3v) is 2.54. The number of hydrogen-bond donors (Lipinski definition) is 1. The Bertz CT molecular complexity index is 760. The largest absolute Gasteiger partial charge is 0.396 e. The van der Waals surface area contributed by atoms with Crippen LogP contribution in [0.3, 0.4) is 0 Å². The molecule has 0 aliphatic carbocycles. The van der Waals surface area contributed by atoms with Crippen molar-refractivity contribution in [3.63, 3.8) is 0 Å². The minimum atomic E-state index is -0.847. The summed E-state index contributed by atoms with van der Waals surface area (Å²) in [6.45, 7) is 0. The Balaban J connectivity index is 2.05. The Kier molecular flexibility index (Phi) is 2.82. The Morgan fingerprint density at radius 2 is 1.95 bits per heavy atom. The number of anilines is 1. The van der Waals surface area contributed by atoms with Crippen molar-refractivity contribution < 1.29 is 13.3 Å². The molecular formula is C12H7F2N5O. The summed E-state index contributed by atoms with van der Waals surface area (Å²) in [5, 5.41) is 3.67. The highest BCUT2D eigenvalue weighted by atomic mass is 19.1. The predicted octanol–water partition coefficient (Wildman–Crippen LogP) is 2.05. The van der Waals surface area contributed by atoms with E-state index in [0.717, 1.165) is 6.07 Å². The lowest BCUT2D eigenvalue weighted by Gasteiger charge is -2.00. The van der Waals surface area contributed by atoms with E-state index in [4.69, 9.17) is 10.3 Å². The van der Waals surface area contributed by atoms with E-state index in [1.807, 2.05) is 0 Å². The van der Waals surface area contributed by atoms with Crippen LogP contribution in [0.5, 0.6) is 0 Å². The highest BCUT2D eigenvalue weighted by Crippen LogP contribution is 2.26. The summed E-state index contributed by atoms with van der Waals surface area (Å²) in [6.07, 6.45) is 4.39. The molecule has 100 valence electrons. The molecule has 0 aliphatic heterocycles. The Morgan fingerprint density at radius 3 is 2.70 bits per heavy atom. The molecule has 2 heterocycles. The van der Waals surface area contributed by atoms with Crippen LogP contribution in [0.15, 0.2) is 35.2 Å². The van der Waals surface area contributed by atoms with Gasteiger partial charge in [0.1, 0.15) is 17.3 Å². The molecular weight excluding hydrogens is 268 g/mol. The molecule has 8 heteroatoms. The van der Waals surface area contributed by atoms with Gasteiger partial charge in [0.2, 0.25) is 5.82 Å². The first-order chi connectivity index (χ1) is 9.65. The molecule has 1 aromatic carbocycles. The van der Waals surface area contributed by atoms with Crippen molar-refractivity contribution in [1.82, 2.24) is 20.1 Å². The summed E-state index contributed by atoms with van der Waals surface area (Å²) in [5.74, 6) is -1.66. The molecule has 2 N–H and O–H groups in total. The predicted molar refractivity (Wildman–Crippen MR) is 65.1 cm³/mol. The van der Waals surface area contributed by atoms with Crippen molar-refractivity contribution in [2.24, 2.45) is 0 Å². The normalized spacial score (nSPS) is 10.7. The lowest BCUT2D eigenvalue weighted by molar-refractivity contribution is 0.429. The molecule has 0 unspecified atom stereocenters. The third kappa shape index (κ3) is 2.07. The molecule has 0 fully saturated rings. The number of nitrogen functional groups attached to an aromatic ring is 1. The second-order valence-corrected chi connectivity index (χ2v) is 3.87. The van der Waals surface area contributed by atoms with Crippen molar-refractivity contribution in [3.8, 4) is 23.0 Å². The van der Waals surface area contributed by atoms with Crippen LogP contribution < -0.4 is 5.73 Å². The van der Waals surface area contributed by atoms with E-state index in [-0.39, 0.29) is 23.0 Å². The van der Waals surface area contributed by atoms with Gasteiger partial charge in [-0.1, -0.05) is 5.16 Å². The van der Waals surface area contributed by atoms with Crippen LogP contribution in [0, 0.1) is 11.6 Å². The van der Waals surface area contributed by atoms with Crippen LogP contribution in [0.1, 0.15) is 0 Å². The molecule has 0 spiro atoms. The molecule has 2 aromatic heterocycles. The smallest absolute Gasteiger partial charge is 0.261 e. The number of benzene rings is 1. The molecule has 0 aliphatic rings. The fourth-order valence-electron chi connectivity index (χ4n) is 1.58. The fraction of sp³-hybridized carbons (Fsp3) is 0. The van der Waals surface area contributed by atoms with Gasteiger partial charge in [-0.05, 0) is 6.07 Å². The molecule has 0 atom stereocenters. The van der Waals surface area contributed by atoms with Crippen molar-refractivity contribution in [3.05, 3.63) is 42.4 Å². The number of nitrogens with two attached hydrogens (primary N) is 1. The van der Waals surface area contributed by atoms with Crippen LogP contribution in [0.4, 0.5) is 14.5 Å². The molecule has 3 rings (SSSR count). The minimum absolute atomic E-state index is 0.0773. The van der Waals surface area contributed by atoms with Crippen molar-refractivity contribution in [2.75, 3.05) is 5.73 Å². The third-order valence-electron chi connectivity index (χ3n) is 2.54. The summed E-state index contributed by atoms with van der Waals surface area (Å²) in [5.41, 5.74) is 5.48. The number of halogens is 2. The maximum Gasteiger partial charge on any atom is 0.261 e. The van der Waals surface area contributed by atoms with Crippen LogP contribution in [0.2, 0.25) is 0 Å². The fourth-order valence-corrected chi connectivity index (χ4v) is 1.58. The van der Waals surface area contributed by atoms with Crippen molar-refractivity contribution in [2.45, 2.75) is 0 Å². The second kappa shape index (κ2) is 4.65. The van der Waals surface area contributed by atoms with E-state index in [2.05, 4.69) is 20.1 Å². The van der Waals surface area contributed by atoms with Gasteiger partial charge in [-0.3, -0.25) is 4.98 Å². The van der Waals surface area contributed by atoms with Crippen molar-refractivity contribution in [1.29, 1.82) is 0 Å². The van der Waals surface area contributed by atoms with E-state index in [0.29, 0.717) is 11.8 Å². The van der Waals surface area contributed by atoms with E-state index in [1.54, 1.807) is 0 Å². The van der Waals surface area contributed by atoms with Gasteiger partial charge < -0.3 is 10.3 Å². The summed E-state index contributed by atoms with van der Waals surface area (Å²) < 4.78 is 31.7. The standard InChI is InChI=1S/C12H7F2N5O/c13-7-4-8(14)9(15)3-6(7)12-18-11(19-20-12)10-5-16-1-2-17-10/h1-5H,15H2. The first-order valence-electron chi connectivity index (χ1n) is 5.50. The molecule has 0 saturated heterocycles. The highest BCUT2D eigenvalue weighted by molar-refractivity contribution is 5.62. The zero-order chi connectivity index (χ0) is 14.1. The van der Waals surface area contributed by atoms with Crippen LogP contribution >= 0.6 is 0 Å². The zero-order valence-corrected chi connectivity index (χ0v) is 9.92. The molecule has 0 radical (unpaired) electrons. The van der Waals surface area contributed by atoms with Gasteiger partial charge in [-0.2, -0.15) is 4.98 Å². The number of aromatic nitrogens is 4. The lowest BCUT2D eigenvalue weighted by atomic mass is 10.2. The van der Waals surface area contributed by atoms with Gasteiger partial charge in [0.15, 0.2) is 0 Å². The Morgan fingerprint density at radius 1 is 1.10 bits per heavy atom. The van der Waals surface area contributed by atoms with E-state index >= 15 is 0 Å². The molecule has 6 nitrogen and oxygen atoms in total. The average molecular weight is 275 g/mol. The zero-order valence-electron chi connectivity index (χ0n) is 9.92. The summed E-state index contributed by atoms with van der Waals surface area (Å²) in [4.78, 5) is 11.8. The average Bonchev–Trinajstić information content (AvgIpc) is 2.93. The van der Waals surface area contributed by atoms with E-state index in [9.17, 15) is 8.78 Å². The van der Waals surface area contributed by atoms with Gasteiger partial charge in [-0.15, -0.1) is 0 Å². The summed E-state index contributed by atoms with van der Waals surface area (Å²) >= 11 is 0. The molecule has 0 bridgehead atoms. The second-order valence-electron chi connectivity index (χ2n) is 3.87. The van der Waals surface area contributed by atoms with Gasteiger partial charge in [0, 0.05) is 18.5 Å². The number of hydrogen-bond acceptors (Lipinski definition) is 6. The molecule has 20 heavy (non-hydrogen) atoms. The van der Waals surface area contributed by atoms with Crippen LogP contribution in [-0.4, -0.2) is 20.1 Å². The maximum atomic E-state index is 13.7. The van der Waals surface area contributed by atoms with Gasteiger partial charge >= 0.3 is 0 Å². The first kappa shape index (κ1) is 12.2. The lowest BCUT2D eigenvalue weighted by Crippen LogP contribution is -1.94. The minimum Gasteiger partial charge on any atom is -0.396 e. The first-order valence-corrected chi connectivity index (χ1v) is 5.50. The number of rotatable bonds is 2. The molecule has 0 amide bonds. The monoisotopic (exact) mass is 275 g/mol. The SMILES string of the molecule is Nc1cc(-c2nc(-c3cnccn3)no2)c(F)cc1F. The van der Waals surface area contributed by atoms with Gasteiger partial charge in [0.25, 0.3) is 5.89 Å². The summed E-state index contributed by atoms with van der Waals surface area (Å²) in [7, 11) is 0. The maximum absolute atomic E-state index is 13.7. The number of nitrogens with zero attached hydrogens (tertiary/aromatic N) is 4. The topological polar surface area (TPSA) is 90.7 Å². The van der Waals surface area contributed by atoms with Gasteiger partial charge in [-0.25, -0.2) is 13.8 Å². The summed E-state index contributed by atoms with van der Waals surface area (Å²) in [6, 6.07) is 1.76. The van der Waals surface area contributed by atoms with Crippen LogP contribution in [-0.2, 0) is 0 Å². The van der Waals surface area contributed by atoms with E-state index < -0.39 is 11.6 Å². The Hall–Kier alpha value is -2.90. The highest BCUT2D eigenvalue weighted by Gasteiger charge is 2.17. The van der Waals surface area contributed by atoms with E-state index in [1.165, 1.54) is 18.6 Å². The van der Waals surface area contributed by atoms with Gasteiger partial charge in [0.05, 0.1) is 17.4 Å². The van der Waals surface area contributed by atoms with Crippen molar-refractivity contribution >= 4 is 5.69 Å². The Labute approximate surface area is 111 Å². The quantitative estimate of drug-likeness (QED) is 0.720. The molecule has 0 saturated carbocycles. The van der Waals surface area contributed by atoms with Crippen LogP contribution in [0.25, 0.3) is 23.0 Å². The molecule has 3 aromatic rings.